The van der Waals surface area contributed by atoms with Gasteiger partial charge in [-0.25, -0.2) is 0 Å². The van der Waals surface area contributed by atoms with E-state index in [0.717, 1.165) is 24.8 Å². The summed E-state index contributed by atoms with van der Waals surface area (Å²) in [5.41, 5.74) is 1.79. The number of hydrogen-bond acceptors (Lipinski definition) is 3. The average molecular weight is 312 g/mol. The van der Waals surface area contributed by atoms with Gasteiger partial charge in [0.2, 0.25) is 17.7 Å². The first kappa shape index (κ1) is 14.4. The minimum atomic E-state index is -0.317. The van der Waals surface area contributed by atoms with Gasteiger partial charge >= 0.3 is 0 Å². The Labute approximate surface area is 135 Å². The second-order valence-corrected chi connectivity index (χ2v) is 7.06. The lowest BCUT2D eigenvalue weighted by Crippen LogP contribution is -2.39. The van der Waals surface area contributed by atoms with Crippen LogP contribution in [-0.2, 0) is 14.4 Å². The molecule has 0 spiro atoms. The third-order valence-electron chi connectivity index (χ3n) is 5.66. The lowest BCUT2D eigenvalue weighted by atomic mass is 9.81. The van der Waals surface area contributed by atoms with E-state index < -0.39 is 0 Å². The van der Waals surface area contributed by atoms with Crippen LogP contribution in [0.2, 0.25) is 0 Å². The van der Waals surface area contributed by atoms with E-state index in [4.69, 9.17) is 0 Å². The van der Waals surface area contributed by atoms with Gasteiger partial charge in [0.15, 0.2) is 0 Å². The molecule has 120 valence electrons. The van der Waals surface area contributed by atoms with Crippen LogP contribution in [0.25, 0.3) is 0 Å². The van der Waals surface area contributed by atoms with Crippen LogP contribution in [0.3, 0.4) is 0 Å². The molecule has 1 saturated heterocycles. The van der Waals surface area contributed by atoms with E-state index in [2.05, 4.69) is 5.32 Å². The molecule has 0 aromatic heterocycles. The van der Waals surface area contributed by atoms with Crippen molar-refractivity contribution in [1.82, 2.24) is 4.90 Å². The largest absolute Gasteiger partial charge is 0.325 e. The van der Waals surface area contributed by atoms with E-state index >= 15 is 0 Å². The minimum Gasteiger partial charge on any atom is -0.325 e. The van der Waals surface area contributed by atoms with Crippen molar-refractivity contribution < 1.29 is 14.4 Å². The SMILES string of the molecule is Cc1ccc(NC(=O)CN2C(=O)[C@@H]3[C@H]4CC[C@@H](C4)[C@H]3C2=O)cc1. The van der Waals surface area contributed by atoms with E-state index in [1.807, 2.05) is 31.2 Å². The van der Waals surface area contributed by atoms with Gasteiger partial charge in [-0.3, -0.25) is 19.3 Å². The van der Waals surface area contributed by atoms with Gasteiger partial charge in [0, 0.05) is 5.69 Å². The number of anilines is 1. The summed E-state index contributed by atoms with van der Waals surface area (Å²) in [6.07, 6.45) is 3.11. The summed E-state index contributed by atoms with van der Waals surface area (Å²) < 4.78 is 0. The second-order valence-electron chi connectivity index (χ2n) is 7.06. The Morgan fingerprint density at radius 3 is 2.22 bits per heavy atom. The van der Waals surface area contributed by atoms with Crippen LogP contribution in [0, 0.1) is 30.6 Å². The summed E-state index contributed by atoms with van der Waals surface area (Å²) in [4.78, 5) is 38.5. The van der Waals surface area contributed by atoms with Crippen molar-refractivity contribution in [3.63, 3.8) is 0 Å². The Morgan fingerprint density at radius 2 is 1.65 bits per heavy atom. The molecule has 4 atom stereocenters. The molecule has 1 heterocycles. The topological polar surface area (TPSA) is 66.5 Å². The number of fused-ring (bicyclic) bond motifs is 5. The fourth-order valence-electron chi connectivity index (χ4n) is 4.61. The molecule has 5 nitrogen and oxygen atoms in total. The average Bonchev–Trinajstić information content (AvgIpc) is 3.19. The maximum absolute atomic E-state index is 12.5. The summed E-state index contributed by atoms with van der Waals surface area (Å²) in [6.45, 7) is 1.80. The predicted octanol–water partition coefficient (Wildman–Crippen LogP) is 1.96. The van der Waals surface area contributed by atoms with Gasteiger partial charge in [0.05, 0.1) is 11.8 Å². The molecule has 2 aliphatic carbocycles. The monoisotopic (exact) mass is 312 g/mol. The van der Waals surface area contributed by atoms with Gasteiger partial charge in [-0.2, -0.15) is 0 Å². The predicted molar refractivity (Wildman–Crippen MR) is 84.3 cm³/mol. The van der Waals surface area contributed by atoms with Crippen LogP contribution >= 0.6 is 0 Å². The molecule has 3 amide bonds. The Hall–Kier alpha value is -2.17. The number of imide groups is 1. The molecule has 0 radical (unpaired) electrons. The van der Waals surface area contributed by atoms with E-state index in [-0.39, 0.29) is 36.1 Å². The number of carbonyl (C=O) groups is 3. The number of benzene rings is 1. The summed E-state index contributed by atoms with van der Waals surface area (Å²) in [7, 11) is 0. The normalized spacial score (nSPS) is 31.6. The van der Waals surface area contributed by atoms with Crippen molar-refractivity contribution in [3.05, 3.63) is 29.8 Å². The van der Waals surface area contributed by atoms with Crippen LogP contribution in [0.5, 0.6) is 0 Å². The highest BCUT2D eigenvalue weighted by atomic mass is 16.2. The van der Waals surface area contributed by atoms with E-state index in [0.29, 0.717) is 17.5 Å². The molecule has 23 heavy (non-hydrogen) atoms. The minimum absolute atomic E-state index is 0.133. The van der Waals surface area contributed by atoms with E-state index in [1.54, 1.807) is 0 Å². The summed E-state index contributed by atoms with van der Waals surface area (Å²) in [5.74, 6) is -0.194. The Morgan fingerprint density at radius 1 is 1.09 bits per heavy atom. The van der Waals surface area contributed by atoms with Crippen molar-refractivity contribution in [2.75, 3.05) is 11.9 Å². The molecule has 1 aromatic carbocycles. The quantitative estimate of drug-likeness (QED) is 0.868. The van der Waals surface area contributed by atoms with Gasteiger partial charge in [-0.05, 0) is 50.2 Å². The second kappa shape index (κ2) is 5.18. The van der Waals surface area contributed by atoms with Gasteiger partial charge in [-0.15, -0.1) is 0 Å². The number of likely N-dealkylation sites (tertiary alicyclic amines) is 1. The summed E-state index contributed by atoms with van der Waals surface area (Å²) in [6, 6.07) is 7.44. The highest BCUT2D eigenvalue weighted by Crippen LogP contribution is 2.56. The smallest absolute Gasteiger partial charge is 0.244 e. The molecule has 5 heteroatoms. The number of carbonyl (C=O) groups excluding carboxylic acids is 3. The third kappa shape index (κ3) is 2.26. The van der Waals surface area contributed by atoms with Crippen LogP contribution in [-0.4, -0.2) is 29.2 Å². The highest BCUT2D eigenvalue weighted by Gasteiger charge is 2.60. The molecule has 2 bridgehead atoms. The van der Waals surface area contributed by atoms with E-state index in [9.17, 15) is 14.4 Å². The summed E-state index contributed by atoms with van der Waals surface area (Å²) >= 11 is 0. The Kier molecular flexibility index (Phi) is 3.25. The van der Waals surface area contributed by atoms with Crippen molar-refractivity contribution in [2.24, 2.45) is 23.7 Å². The van der Waals surface area contributed by atoms with Crippen molar-refractivity contribution in [3.8, 4) is 0 Å². The van der Waals surface area contributed by atoms with Crippen LogP contribution < -0.4 is 5.32 Å². The number of aryl methyl sites for hydroxylation is 1. The zero-order valence-corrected chi connectivity index (χ0v) is 13.1. The first-order valence-corrected chi connectivity index (χ1v) is 8.26. The molecule has 1 aromatic rings. The first-order valence-electron chi connectivity index (χ1n) is 8.26. The Balaban J connectivity index is 1.44. The van der Waals surface area contributed by atoms with Gasteiger partial charge < -0.3 is 5.32 Å². The van der Waals surface area contributed by atoms with Crippen LogP contribution in [0.4, 0.5) is 5.69 Å². The zero-order chi connectivity index (χ0) is 16.1. The molecule has 2 saturated carbocycles. The van der Waals surface area contributed by atoms with Gasteiger partial charge in [0.25, 0.3) is 0 Å². The van der Waals surface area contributed by atoms with Crippen molar-refractivity contribution in [1.29, 1.82) is 0 Å². The van der Waals surface area contributed by atoms with Crippen LogP contribution in [0.15, 0.2) is 24.3 Å². The zero-order valence-electron chi connectivity index (χ0n) is 13.1. The maximum atomic E-state index is 12.5. The number of nitrogens with zero attached hydrogens (tertiary/aromatic N) is 1. The Bertz CT molecular complexity index is 654. The third-order valence-corrected chi connectivity index (χ3v) is 5.66. The molecular formula is C18H20N2O3. The van der Waals surface area contributed by atoms with Gasteiger partial charge in [0.1, 0.15) is 6.54 Å². The van der Waals surface area contributed by atoms with Crippen LogP contribution in [0.1, 0.15) is 24.8 Å². The number of hydrogen-bond donors (Lipinski definition) is 1. The van der Waals surface area contributed by atoms with E-state index in [1.165, 1.54) is 4.90 Å². The first-order chi connectivity index (χ1) is 11.0. The number of nitrogens with one attached hydrogen (secondary N) is 1. The lowest BCUT2D eigenvalue weighted by molar-refractivity contribution is -0.143. The fourth-order valence-corrected chi connectivity index (χ4v) is 4.61. The molecule has 1 aliphatic heterocycles. The fraction of sp³-hybridized carbons (Fsp3) is 0.500. The highest BCUT2D eigenvalue weighted by molar-refractivity contribution is 6.09. The molecule has 0 unspecified atom stereocenters. The standard InChI is InChI=1S/C18H20N2O3/c1-10-2-6-13(7-3-10)19-14(21)9-20-17(22)15-11-4-5-12(8-11)16(15)18(20)23/h2-3,6-7,11-12,15-16H,4-5,8-9H2,1H3,(H,19,21)/t11-,12-,15+,16+/m0/s1. The lowest BCUT2D eigenvalue weighted by Gasteiger charge is -2.19. The molecule has 3 fully saturated rings. The molecular weight excluding hydrogens is 292 g/mol. The van der Waals surface area contributed by atoms with Crippen molar-refractivity contribution in [2.45, 2.75) is 26.2 Å². The van der Waals surface area contributed by atoms with Gasteiger partial charge in [-0.1, -0.05) is 17.7 Å². The van der Waals surface area contributed by atoms with Crippen molar-refractivity contribution >= 4 is 23.4 Å². The molecule has 4 rings (SSSR count). The number of rotatable bonds is 3. The number of amides is 3. The summed E-state index contributed by atoms with van der Waals surface area (Å²) in [5, 5.41) is 2.76. The maximum Gasteiger partial charge on any atom is 0.244 e. The molecule has 1 N–H and O–H groups in total. The molecule has 3 aliphatic rings.